The Kier molecular flexibility index (Phi) is 5.35. The van der Waals surface area contributed by atoms with Crippen molar-refractivity contribution in [2.24, 2.45) is 0 Å². The number of hydrogen-bond acceptors (Lipinski definition) is 6. The summed E-state index contributed by atoms with van der Waals surface area (Å²) in [4.78, 5) is 23.1. The molecule has 0 saturated heterocycles. The normalized spacial score (nSPS) is 11.9. The maximum absolute atomic E-state index is 12.8. The summed E-state index contributed by atoms with van der Waals surface area (Å²) in [7, 11) is 0. The van der Waals surface area contributed by atoms with Gasteiger partial charge >= 0.3 is 5.82 Å². The number of carbonyl (C=O) groups excluding carboxylic acids is 1. The first kappa shape index (κ1) is 20.1. The van der Waals surface area contributed by atoms with Gasteiger partial charge in [0.2, 0.25) is 0 Å². The quantitative estimate of drug-likeness (QED) is 0.361. The smallest absolute Gasteiger partial charge is 0.361 e. The van der Waals surface area contributed by atoms with Crippen LogP contribution in [-0.4, -0.2) is 30.3 Å². The zero-order valence-corrected chi connectivity index (χ0v) is 16.9. The summed E-state index contributed by atoms with van der Waals surface area (Å²) in [5.41, 5.74) is 2.61. The van der Waals surface area contributed by atoms with Crippen LogP contribution >= 0.6 is 0 Å². The number of aromatic nitrogens is 4. The molecule has 0 spiro atoms. The van der Waals surface area contributed by atoms with E-state index in [1.165, 1.54) is 16.9 Å². The Morgan fingerprint density at radius 2 is 1.90 bits per heavy atom. The van der Waals surface area contributed by atoms with Crippen molar-refractivity contribution >= 4 is 11.7 Å². The van der Waals surface area contributed by atoms with Gasteiger partial charge in [0.05, 0.1) is 35.5 Å². The van der Waals surface area contributed by atoms with E-state index < -0.39 is 10.8 Å². The monoisotopic (exact) mass is 420 g/mol. The van der Waals surface area contributed by atoms with Gasteiger partial charge in [0, 0.05) is 18.1 Å². The minimum Gasteiger partial charge on any atom is -0.361 e. The Morgan fingerprint density at radius 1 is 1.19 bits per heavy atom. The fraction of sp³-hybridized carbons (Fsp3) is 0.190. The molecule has 3 aromatic heterocycles. The molecule has 0 radical (unpaired) electrons. The number of hydrogen-bond donors (Lipinski definition) is 1. The van der Waals surface area contributed by atoms with Crippen molar-refractivity contribution in [2.45, 2.75) is 26.4 Å². The first-order valence-electron chi connectivity index (χ1n) is 9.59. The molecule has 10 heteroatoms. The lowest BCUT2D eigenvalue weighted by molar-refractivity contribution is -0.389. The first-order chi connectivity index (χ1) is 14.9. The largest absolute Gasteiger partial charge is 0.389 e. The number of benzene rings is 1. The topological polar surface area (TPSA) is 121 Å². The fourth-order valence-corrected chi connectivity index (χ4v) is 3.24. The standard InChI is InChI=1S/C21H20N6O4/c1-14(16-5-7-17(8-6-16)25-10-3-4-11-25)22-21(28)20-18(15(2)31-24-20)13-26-12-9-19(23-26)27(29)30/h3-12,14H,13H2,1-2H3,(H,22,28). The third-order valence-electron chi connectivity index (χ3n) is 4.98. The van der Waals surface area contributed by atoms with Crippen LogP contribution in [0.25, 0.3) is 5.69 Å². The lowest BCUT2D eigenvalue weighted by Gasteiger charge is -2.14. The highest BCUT2D eigenvalue weighted by Gasteiger charge is 2.23. The lowest BCUT2D eigenvalue weighted by Crippen LogP contribution is -2.28. The third kappa shape index (κ3) is 4.22. The van der Waals surface area contributed by atoms with Crippen LogP contribution in [0.4, 0.5) is 5.82 Å². The number of nitro groups is 1. The summed E-state index contributed by atoms with van der Waals surface area (Å²) in [5.74, 6) is -0.209. The molecule has 1 atom stereocenters. The molecule has 3 heterocycles. The average molecular weight is 420 g/mol. The lowest BCUT2D eigenvalue weighted by atomic mass is 10.1. The van der Waals surface area contributed by atoms with Crippen molar-refractivity contribution in [2.75, 3.05) is 0 Å². The van der Waals surface area contributed by atoms with Gasteiger partial charge in [-0.15, -0.1) is 0 Å². The van der Waals surface area contributed by atoms with E-state index in [0.717, 1.165) is 11.3 Å². The van der Waals surface area contributed by atoms with Crippen LogP contribution in [0.1, 0.15) is 40.3 Å². The van der Waals surface area contributed by atoms with Crippen molar-refractivity contribution in [3.63, 3.8) is 0 Å². The summed E-state index contributed by atoms with van der Waals surface area (Å²) in [5, 5.41) is 21.5. The molecule has 158 valence electrons. The van der Waals surface area contributed by atoms with Crippen molar-refractivity contribution in [3.8, 4) is 5.69 Å². The van der Waals surface area contributed by atoms with Gasteiger partial charge in [-0.3, -0.25) is 4.79 Å². The van der Waals surface area contributed by atoms with Crippen LogP contribution in [0.3, 0.4) is 0 Å². The molecule has 10 nitrogen and oxygen atoms in total. The van der Waals surface area contributed by atoms with E-state index >= 15 is 0 Å². The van der Waals surface area contributed by atoms with Crippen molar-refractivity contribution in [3.05, 3.63) is 93.8 Å². The van der Waals surface area contributed by atoms with Gasteiger partial charge in [0.25, 0.3) is 5.91 Å². The first-order valence-corrected chi connectivity index (χ1v) is 9.59. The maximum Gasteiger partial charge on any atom is 0.389 e. The molecule has 0 aliphatic carbocycles. The minimum absolute atomic E-state index is 0.131. The molecule has 4 aromatic rings. The summed E-state index contributed by atoms with van der Waals surface area (Å²) in [6.45, 7) is 3.69. The van der Waals surface area contributed by atoms with E-state index in [1.807, 2.05) is 60.3 Å². The summed E-state index contributed by atoms with van der Waals surface area (Å²) < 4.78 is 8.57. The third-order valence-corrected chi connectivity index (χ3v) is 4.98. The highest BCUT2D eigenvalue weighted by Crippen LogP contribution is 2.19. The van der Waals surface area contributed by atoms with Crippen LogP contribution in [0.5, 0.6) is 0 Å². The Hall–Kier alpha value is -4.21. The molecule has 31 heavy (non-hydrogen) atoms. The van der Waals surface area contributed by atoms with Crippen LogP contribution in [0, 0.1) is 17.0 Å². The summed E-state index contributed by atoms with van der Waals surface area (Å²) in [6, 6.07) is 12.8. The molecule has 0 bridgehead atoms. The van der Waals surface area contributed by atoms with E-state index in [0.29, 0.717) is 11.3 Å². The Balaban J connectivity index is 1.47. The van der Waals surface area contributed by atoms with Crippen molar-refractivity contribution in [1.82, 2.24) is 24.8 Å². The second kappa shape index (κ2) is 8.27. The van der Waals surface area contributed by atoms with E-state index in [9.17, 15) is 14.9 Å². The van der Waals surface area contributed by atoms with E-state index in [1.54, 1.807) is 6.92 Å². The summed E-state index contributed by atoms with van der Waals surface area (Å²) in [6.07, 6.45) is 5.40. The van der Waals surface area contributed by atoms with Crippen LogP contribution < -0.4 is 5.32 Å². The molecule has 0 fully saturated rings. The van der Waals surface area contributed by atoms with Crippen molar-refractivity contribution < 1.29 is 14.2 Å². The van der Waals surface area contributed by atoms with Gasteiger partial charge < -0.3 is 24.5 Å². The predicted octanol–water partition coefficient (Wildman–Crippen LogP) is 3.42. The highest BCUT2D eigenvalue weighted by atomic mass is 16.6. The number of rotatable bonds is 7. The maximum atomic E-state index is 12.8. The number of carbonyl (C=O) groups is 1. The van der Waals surface area contributed by atoms with Crippen LogP contribution in [-0.2, 0) is 6.54 Å². The SMILES string of the molecule is Cc1onc(C(=O)NC(C)c2ccc(-n3cccc3)cc2)c1Cn1ccc([N+](=O)[O-])n1. The van der Waals surface area contributed by atoms with Gasteiger partial charge in [0.1, 0.15) is 5.76 Å². The van der Waals surface area contributed by atoms with E-state index in [4.69, 9.17) is 4.52 Å². The Bertz CT molecular complexity index is 1210. The molecular weight excluding hydrogens is 400 g/mol. The number of nitrogens with one attached hydrogen (secondary N) is 1. The molecule has 0 aliphatic heterocycles. The minimum atomic E-state index is -0.576. The van der Waals surface area contributed by atoms with Gasteiger partial charge in [-0.1, -0.05) is 17.3 Å². The Morgan fingerprint density at radius 3 is 2.55 bits per heavy atom. The van der Waals surface area contributed by atoms with Gasteiger partial charge in [-0.25, -0.2) is 0 Å². The van der Waals surface area contributed by atoms with Crippen molar-refractivity contribution in [1.29, 1.82) is 0 Å². The molecule has 4 rings (SSSR count). The number of nitrogens with zero attached hydrogens (tertiary/aromatic N) is 5. The second-order valence-corrected chi connectivity index (χ2v) is 7.07. The van der Waals surface area contributed by atoms with Crippen LogP contribution in [0.2, 0.25) is 0 Å². The second-order valence-electron chi connectivity index (χ2n) is 7.07. The molecule has 1 unspecified atom stereocenters. The highest BCUT2D eigenvalue weighted by molar-refractivity contribution is 5.94. The number of aryl methyl sites for hydroxylation is 1. The van der Waals surface area contributed by atoms with Gasteiger partial charge in [-0.05, 0) is 48.6 Å². The van der Waals surface area contributed by atoms with Gasteiger partial charge in [-0.2, -0.15) is 4.68 Å². The predicted molar refractivity (Wildman–Crippen MR) is 111 cm³/mol. The molecule has 1 aromatic carbocycles. The summed E-state index contributed by atoms with van der Waals surface area (Å²) >= 11 is 0. The van der Waals surface area contributed by atoms with Gasteiger partial charge in [0.15, 0.2) is 5.69 Å². The van der Waals surface area contributed by atoms with E-state index in [2.05, 4.69) is 15.6 Å². The molecule has 1 amide bonds. The average Bonchev–Trinajstić information content (AvgIpc) is 3.51. The molecule has 0 saturated carbocycles. The Labute approximate surface area is 177 Å². The fourth-order valence-electron chi connectivity index (χ4n) is 3.24. The molecule has 1 N–H and O–H groups in total. The molecule has 0 aliphatic rings. The van der Waals surface area contributed by atoms with E-state index in [-0.39, 0.29) is 24.1 Å². The van der Waals surface area contributed by atoms with Crippen LogP contribution in [0.15, 0.2) is 65.6 Å². The molecular formula is C21H20N6O4. The zero-order valence-electron chi connectivity index (χ0n) is 16.9. The number of amides is 1. The zero-order chi connectivity index (χ0) is 22.0.